The van der Waals surface area contributed by atoms with Crippen LogP contribution >= 0.6 is 27.3 Å². The average molecular weight is 284 g/mol. The summed E-state index contributed by atoms with van der Waals surface area (Å²) in [6.45, 7) is 7.51. The van der Waals surface area contributed by atoms with E-state index in [1.54, 1.807) is 11.3 Å². The van der Waals surface area contributed by atoms with Gasteiger partial charge >= 0.3 is 0 Å². The SMILES string of the molecule is Cc1cn(Cc2sccc2Br)c(C)c1C. The van der Waals surface area contributed by atoms with Crippen molar-refractivity contribution in [2.45, 2.75) is 27.3 Å². The van der Waals surface area contributed by atoms with Gasteiger partial charge in [0.2, 0.25) is 0 Å². The van der Waals surface area contributed by atoms with Gasteiger partial charge in [-0.3, -0.25) is 0 Å². The van der Waals surface area contributed by atoms with Gasteiger partial charge in [0.25, 0.3) is 0 Å². The van der Waals surface area contributed by atoms with Crippen molar-refractivity contribution >= 4 is 27.3 Å². The molecule has 3 heteroatoms. The molecule has 0 radical (unpaired) electrons. The molecule has 0 aliphatic rings. The summed E-state index contributed by atoms with van der Waals surface area (Å²) in [7, 11) is 0. The van der Waals surface area contributed by atoms with Gasteiger partial charge in [-0.2, -0.15) is 0 Å². The van der Waals surface area contributed by atoms with Gasteiger partial charge in [-0.25, -0.2) is 0 Å². The van der Waals surface area contributed by atoms with Gasteiger partial charge in [-0.05, 0) is 59.3 Å². The third-order valence-electron chi connectivity index (χ3n) is 2.92. The molecule has 2 heterocycles. The fourth-order valence-corrected chi connectivity index (χ4v) is 3.16. The van der Waals surface area contributed by atoms with Gasteiger partial charge in [0.15, 0.2) is 0 Å². The molecule has 0 N–H and O–H groups in total. The van der Waals surface area contributed by atoms with Crippen molar-refractivity contribution in [2.24, 2.45) is 0 Å². The average Bonchev–Trinajstić information content (AvgIpc) is 2.69. The summed E-state index contributed by atoms with van der Waals surface area (Å²) < 4.78 is 3.54. The van der Waals surface area contributed by atoms with E-state index in [1.807, 2.05) is 0 Å². The Morgan fingerprint density at radius 1 is 1.33 bits per heavy atom. The Bertz CT molecular complexity index is 482. The molecule has 0 unspecified atom stereocenters. The van der Waals surface area contributed by atoms with Gasteiger partial charge in [-0.1, -0.05) is 0 Å². The number of thiophene rings is 1. The third kappa shape index (κ3) is 2.04. The number of rotatable bonds is 2. The van der Waals surface area contributed by atoms with E-state index in [-0.39, 0.29) is 0 Å². The molecule has 0 bridgehead atoms. The smallest absolute Gasteiger partial charge is 0.0577 e. The maximum atomic E-state index is 3.57. The van der Waals surface area contributed by atoms with Crippen molar-refractivity contribution in [1.82, 2.24) is 4.57 Å². The second-order valence-electron chi connectivity index (χ2n) is 3.84. The molecule has 0 aliphatic carbocycles. The van der Waals surface area contributed by atoms with Gasteiger partial charge in [0.1, 0.15) is 0 Å². The molecular formula is C12H14BrNS. The van der Waals surface area contributed by atoms with Crippen LogP contribution in [0.3, 0.4) is 0 Å². The number of aromatic nitrogens is 1. The molecule has 15 heavy (non-hydrogen) atoms. The molecular weight excluding hydrogens is 270 g/mol. The molecule has 0 saturated carbocycles. The van der Waals surface area contributed by atoms with Crippen LogP contribution in [0.1, 0.15) is 21.7 Å². The Hall–Kier alpha value is -0.540. The quantitative estimate of drug-likeness (QED) is 0.775. The summed E-state index contributed by atoms with van der Waals surface area (Å²) in [5.41, 5.74) is 4.15. The van der Waals surface area contributed by atoms with E-state index < -0.39 is 0 Å². The van der Waals surface area contributed by atoms with Crippen LogP contribution in [-0.4, -0.2) is 4.57 Å². The second-order valence-corrected chi connectivity index (χ2v) is 5.70. The maximum Gasteiger partial charge on any atom is 0.0577 e. The first-order chi connectivity index (χ1) is 7.09. The largest absolute Gasteiger partial charge is 0.346 e. The fraction of sp³-hybridized carbons (Fsp3) is 0.333. The van der Waals surface area contributed by atoms with Crippen molar-refractivity contribution in [3.05, 3.63) is 43.8 Å². The van der Waals surface area contributed by atoms with Crippen molar-refractivity contribution in [3.63, 3.8) is 0 Å². The lowest BCUT2D eigenvalue weighted by atomic mass is 10.2. The van der Waals surface area contributed by atoms with Crippen molar-refractivity contribution in [2.75, 3.05) is 0 Å². The molecule has 2 aromatic rings. The van der Waals surface area contributed by atoms with Gasteiger partial charge < -0.3 is 4.57 Å². The summed E-state index contributed by atoms with van der Waals surface area (Å²) in [4.78, 5) is 1.38. The molecule has 0 spiro atoms. The van der Waals surface area contributed by atoms with Gasteiger partial charge in [-0.15, -0.1) is 11.3 Å². The monoisotopic (exact) mass is 283 g/mol. The Kier molecular flexibility index (Phi) is 3.03. The summed E-state index contributed by atoms with van der Waals surface area (Å²) >= 11 is 5.37. The molecule has 1 nitrogen and oxygen atoms in total. The highest BCUT2D eigenvalue weighted by molar-refractivity contribution is 9.10. The van der Waals surface area contributed by atoms with Crippen molar-refractivity contribution < 1.29 is 0 Å². The van der Waals surface area contributed by atoms with Gasteiger partial charge in [0, 0.05) is 21.2 Å². The molecule has 2 rings (SSSR count). The summed E-state index contributed by atoms with van der Waals surface area (Å²) in [5.74, 6) is 0. The van der Waals surface area contributed by atoms with E-state index in [0.717, 1.165) is 6.54 Å². The Labute approximate surface area is 103 Å². The predicted molar refractivity (Wildman–Crippen MR) is 69.8 cm³/mol. The van der Waals surface area contributed by atoms with Crippen LogP contribution in [0, 0.1) is 20.8 Å². The first-order valence-electron chi connectivity index (χ1n) is 4.94. The molecule has 0 amide bonds. The van der Waals surface area contributed by atoms with E-state index in [4.69, 9.17) is 0 Å². The minimum absolute atomic E-state index is 0.971. The molecule has 0 saturated heterocycles. The zero-order valence-corrected chi connectivity index (χ0v) is 11.6. The molecule has 2 aromatic heterocycles. The predicted octanol–water partition coefficient (Wildman–Crippen LogP) is 4.29. The number of hydrogen-bond acceptors (Lipinski definition) is 1. The lowest BCUT2D eigenvalue weighted by Crippen LogP contribution is -1.99. The van der Waals surface area contributed by atoms with E-state index in [1.165, 1.54) is 26.2 Å². The first-order valence-corrected chi connectivity index (χ1v) is 6.61. The Balaban J connectivity index is 2.33. The van der Waals surface area contributed by atoms with Crippen LogP contribution in [0.25, 0.3) is 0 Å². The van der Waals surface area contributed by atoms with Crippen LogP contribution in [0.5, 0.6) is 0 Å². The van der Waals surface area contributed by atoms with Crippen LogP contribution in [-0.2, 0) is 6.54 Å². The highest BCUT2D eigenvalue weighted by Gasteiger charge is 2.07. The Morgan fingerprint density at radius 2 is 2.07 bits per heavy atom. The highest BCUT2D eigenvalue weighted by atomic mass is 79.9. The van der Waals surface area contributed by atoms with E-state index in [2.05, 4.69) is 58.9 Å². The molecule has 0 aliphatic heterocycles. The molecule has 0 aromatic carbocycles. The van der Waals surface area contributed by atoms with Crippen molar-refractivity contribution in [1.29, 1.82) is 0 Å². The van der Waals surface area contributed by atoms with Gasteiger partial charge in [0.05, 0.1) is 6.54 Å². The Morgan fingerprint density at radius 3 is 2.53 bits per heavy atom. The lowest BCUT2D eigenvalue weighted by molar-refractivity contribution is 0.781. The van der Waals surface area contributed by atoms with Crippen LogP contribution < -0.4 is 0 Å². The zero-order chi connectivity index (χ0) is 11.0. The maximum absolute atomic E-state index is 3.57. The van der Waals surface area contributed by atoms with Crippen LogP contribution in [0.2, 0.25) is 0 Å². The first kappa shape index (κ1) is 11.0. The second kappa shape index (κ2) is 4.14. The summed E-state index contributed by atoms with van der Waals surface area (Å²) in [5, 5.41) is 2.12. The standard InChI is InChI=1S/C12H14BrNS/c1-8-6-14(10(3)9(8)2)7-12-11(13)4-5-15-12/h4-6H,7H2,1-3H3. The molecule has 0 atom stereocenters. The third-order valence-corrected chi connectivity index (χ3v) is 4.83. The van der Waals surface area contributed by atoms with E-state index in [9.17, 15) is 0 Å². The fourth-order valence-electron chi connectivity index (χ4n) is 1.69. The summed E-state index contributed by atoms with van der Waals surface area (Å²) in [6.07, 6.45) is 2.23. The zero-order valence-electron chi connectivity index (χ0n) is 9.17. The minimum Gasteiger partial charge on any atom is -0.346 e. The normalized spacial score (nSPS) is 10.9. The number of aryl methyl sites for hydroxylation is 1. The minimum atomic E-state index is 0.971. The van der Waals surface area contributed by atoms with Crippen molar-refractivity contribution in [3.8, 4) is 0 Å². The topological polar surface area (TPSA) is 4.93 Å². The summed E-state index contributed by atoms with van der Waals surface area (Å²) in [6, 6.07) is 2.11. The number of nitrogens with zero attached hydrogens (tertiary/aromatic N) is 1. The number of halogens is 1. The van der Waals surface area contributed by atoms with E-state index >= 15 is 0 Å². The molecule has 80 valence electrons. The highest BCUT2D eigenvalue weighted by Crippen LogP contribution is 2.25. The van der Waals surface area contributed by atoms with E-state index in [0.29, 0.717) is 0 Å². The van der Waals surface area contributed by atoms with Crippen LogP contribution in [0.4, 0.5) is 0 Å². The lowest BCUT2D eigenvalue weighted by Gasteiger charge is -2.05. The van der Waals surface area contributed by atoms with Crippen LogP contribution in [0.15, 0.2) is 22.1 Å². The number of hydrogen-bond donors (Lipinski definition) is 0. The molecule has 0 fully saturated rings.